The van der Waals surface area contributed by atoms with E-state index >= 15 is 0 Å². The molecule has 0 amide bonds. The minimum Gasteiger partial charge on any atom is -0.490 e. The molecule has 3 nitrogen and oxygen atoms in total. The fourth-order valence-corrected chi connectivity index (χ4v) is 4.01. The molecule has 0 atom stereocenters. The molecule has 1 fully saturated rings. The maximum absolute atomic E-state index is 12.4. The van der Waals surface area contributed by atoms with E-state index in [2.05, 4.69) is 25.6 Å². The molecule has 0 N–H and O–H groups in total. The van der Waals surface area contributed by atoms with Crippen molar-refractivity contribution in [2.24, 2.45) is 5.92 Å². The fourth-order valence-electron chi connectivity index (χ4n) is 4.01. The molecule has 1 aliphatic carbocycles. The summed E-state index contributed by atoms with van der Waals surface area (Å²) in [5.74, 6) is 2.43. The zero-order valence-electron chi connectivity index (χ0n) is 16.7. The van der Waals surface area contributed by atoms with Crippen LogP contribution in [0.5, 0.6) is 11.5 Å². The summed E-state index contributed by atoms with van der Waals surface area (Å²) in [6, 6.07) is 15.0. The van der Waals surface area contributed by atoms with Crippen LogP contribution in [-0.4, -0.2) is 12.6 Å². The summed E-state index contributed by atoms with van der Waals surface area (Å²) in [5.41, 5.74) is 1.92. The van der Waals surface area contributed by atoms with E-state index in [0.29, 0.717) is 23.8 Å². The summed E-state index contributed by atoms with van der Waals surface area (Å²) >= 11 is 0. The number of rotatable bonds is 8. The molecule has 0 aromatic heterocycles. The van der Waals surface area contributed by atoms with Crippen molar-refractivity contribution in [1.29, 1.82) is 0 Å². The van der Waals surface area contributed by atoms with E-state index in [1.54, 1.807) is 30.3 Å². The molecule has 0 unspecified atom stereocenters. The molecule has 0 saturated heterocycles. The highest BCUT2D eigenvalue weighted by molar-refractivity contribution is 5.91. The van der Waals surface area contributed by atoms with Crippen LogP contribution in [0.15, 0.2) is 61.2 Å². The first-order valence-electron chi connectivity index (χ1n) is 10.4. The largest absolute Gasteiger partial charge is 0.490 e. The molecule has 2 aromatic carbocycles. The number of carbonyl (C=O) groups excluding carboxylic acids is 1. The number of benzene rings is 2. The Morgan fingerprint density at radius 3 is 2.25 bits per heavy atom. The summed E-state index contributed by atoms with van der Waals surface area (Å²) in [6.45, 7) is 6.34. The third-order valence-electron chi connectivity index (χ3n) is 5.56. The van der Waals surface area contributed by atoms with Gasteiger partial charge in [0.2, 0.25) is 0 Å². The van der Waals surface area contributed by atoms with Crippen LogP contribution in [0.4, 0.5) is 0 Å². The van der Waals surface area contributed by atoms with Gasteiger partial charge in [-0.3, -0.25) is 0 Å². The van der Waals surface area contributed by atoms with E-state index in [0.717, 1.165) is 11.7 Å². The molecular weight excluding hydrogens is 348 g/mol. The van der Waals surface area contributed by atoms with Crippen LogP contribution in [0.3, 0.4) is 0 Å². The molecule has 1 saturated carbocycles. The smallest absolute Gasteiger partial charge is 0.343 e. The van der Waals surface area contributed by atoms with Gasteiger partial charge < -0.3 is 9.47 Å². The Kier molecular flexibility index (Phi) is 7.30. The van der Waals surface area contributed by atoms with E-state index in [-0.39, 0.29) is 5.97 Å². The number of esters is 1. The van der Waals surface area contributed by atoms with Crippen LogP contribution in [-0.2, 0) is 0 Å². The third kappa shape index (κ3) is 5.48. The maximum atomic E-state index is 12.4. The third-order valence-corrected chi connectivity index (χ3v) is 5.56. The molecule has 2 aromatic rings. The number of carbonyl (C=O) groups is 1. The molecule has 0 bridgehead atoms. The topological polar surface area (TPSA) is 35.5 Å². The lowest BCUT2D eigenvalue weighted by atomic mass is 9.77. The van der Waals surface area contributed by atoms with Gasteiger partial charge in [0, 0.05) is 0 Å². The Morgan fingerprint density at radius 1 is 1.00 bits per heavy atom. The van der Waals surface area contributed by atoms with Crippen molar-refractivity contribution in [3.05, 3.63) is 72.3 Å². The summed E-state index contributed by atoms with van der Waals surface area (Å²) in [5, 5.41) is 0. The first kappa shape index (κ1) is 20.2. The van der Waals surface area contributed by atoms with Crippen LogP contribution < -0.4 is 9.47 Å². The van der Waals surface area contributed by atoms with Gasteiger partial charge in [-0.2, -0.15) is 0 Å². The Morgan fingerprint density at radius 2 is 1.64 bits per heavy atom. The van der Waals surface area contributed by atoms with E-state index in [1.165, 1.54) is 44.1 Å². The molecule has 148 valence electrons. The minimum absolute atomic E-state index is 0.335. The van der Waals surface area contributed by atoms with Crippen LogP contribution in [0.25, 0.3) is 0 Å². The predicted molar refractivity (Wildman–Crippen MR) is 113 cm³/mol. The van der Waals surface area contributed by atoms with E-state index in [9.17, 15) is 4.79 Å². The molecule has 0 heterocycles. The quantitative estimate of drug-likeness (QED) is 0.297. The van der Waals surface area contributed by atoms with Crippen molar-refractivity contribution in [3.8, 4) is 11.5 Å². The van der Waals surface area contributed by atoms with Crippen LogP contribution in [0, 0.1) is 5.92 Å². The highest BCUT2D eigenvalue weighted by atomic mass is 16.5. The highest BCUT2D eigenvalue weighted by Gasteiger charge is 2.22. The number of hydrogen-bond acceptors (Lipinski definition) is 3. The SMILES string of the molecule is C=CCOc1ccc(OC(=O)c2ccc([C@H]3CC[C@H](CCC)CC3)cc2)cc1. The first-order chi connectivity index (χ1) is 13.7. The van der Waals surface area contributed by atoms with Crippen molar-refractivity contribution in [1.82, 2.24) is 0 Å². The molecular formula is C25H30O3. The van der Waals surface area contributed by atoms with Crippen LogP contribution in [0.1, 0.15) is 67.3 Å². The second-order valence-corrected chi connectivity index (χ2v) is 7.59. The predicted octanol–water partition coefficient (Wildman–Crippen LogP) is 6.54. The lowest BCUT2D eigenvalue weighted by Crippen LogP contribution is -2.13. The number of hydrogen-bond donors (Lipinski definition) is 0. The van der Waals surface area contributed by atoms with Crippen molar-refractivity contribution in [2.75, 3.05) is 6.61 Å². The van der Waals surface area contributed by atoms with E-state index in [1.807, 2.05) is 12.1 Å². The van der Waals surface area contributed by atoms with Crippen LogP contribution in [0.2, 0.25) is 0 Å². The lowest BCUT2D eigenvalue weighted by Gasteiger charge is -2.28. The van der Waals surface area contributed by atoms with Gasteiger partial charge >= 0.3 is 5.97 Å². The van der Waals surface area contributed by atoms with Gasteiger partial charge in [-0.05, 0) is 79.5 Å². The molecule has 0 spiro atoms. The van der Waals surface area contributed by atoms with Crippen molar-refractivity contribution >= 4 is 5.97 Å². The van der Waals surface area contributed by atoms with Gasteiger partial charge in [-0.1, -0.05) is 44.6 Å². The maximum Gasteiger partial charge on any atom is 0.343 e. The van der Waals surface area contributed by atoms with Crippen LogP contribution >= 0.6 is 0 Å². The average molecular weight is 379 g/mol. The molecule has 28 heavy (non-hydrogen) atoms. The van der Waals surface area contributed by atoms with Gasteiger partial charge in [0.25, 0.3) is 0 Å². The van der Waals surface area contributed by atoms with E-state index < -0.39 is 0 Å². The highest BCUT2D eigenvalue weighted by Crippen LogP contribution is 2.37. The normalized spacial score (nSPS) is 19.0. The van der Waals surface area contributed by atoms with Gasteiger partial charge in [0.1, 0.15) is 18.1 Å². The first-order valence-corrected chi connectivity index (χ1v) is 10.4. The molecule has 0 radical (unpaired) electrons. The van der Waals surface area contributed by atoms with Crippen molar-refractivity contribution < 1.29 is 14.3 Å². The lowest BCUT2D eigenvalue weighted by molar-refractivity contribution is 0.0734. The standard InChI is InChI=1S/C25H30O3/c1-3-5-19-6-8-20(9-7-19)21-10-12-22(13-11-21)25(26)28-24-16-14-23(15-17-24)27-18-4-2/h4,10-17,19-20H,2-3,5-9,18H2,1H3/t19-,20-. The van der Waals surface area contributed by atoms with E-state index in [4.69, 9.17) is 9.47 Å². The van der Waals surface area contributed by atoms with Gasteiger partial charge in [-0.25, -0.2) is 4.79 Å². The monoisotopic (exact) mass is 378 g/mol. The second kappa shape index (κ2) is 10.1. The zero-order chi connectivity index (χ0) is 19.8. The van der Waals surface area contributed by atoms with Gasteiger partial charge in [0.15, 0.2) is 0 Å². The van der Waals surface area contributed by atoms with Gasteiger partial charge in [0.05, 0.1) is 5.56 Å². The molecule has 3 heteroatoms. The average Bonchev–Trinajstić information content (AvgIpc) is 2.74. The Labute approximate surface area is 168 Å². The summed E-state index contributed by atoms with van der Waals surface area (Å²) < 4.78 is 10.9. The summed E-state index contributed by atoms with van der Waals surface area (Å²) in [4.78, 5) is 12.4. The van der Waals surface area contributed by atoms with Crippen molar-refractivity contribution in [2.45, 2.75) is 51.4 Å². The zero-order valence-corrected chi connectivity index (χ0v) is 16.7. The minimum atomic E-state index is -0.335. The molecule has 3 rings (SSSR count). The summed E-state index contributed by atoms with van der Waals surface area (Å²) in [6.07, 6.45) is 9.51. The molecule has 1 aliphatic rings. The fraction of sp³-hybridized carbons (Fsp3) is 0.400. The Bertz CT molecular complexity index is 753. The second-order valence-electron chi connectivity index (χ2n) is 7.59. The number of ether oxygens (including phenoxy) is 2. The Hall–Kier alpha value is -2.55. The Balaban J connectivity index is 1.54. The molecule has 0 aliphatic heterocycles. The van der Waals surface area contributed by atoms with Gasteiger partial charge in [-0.15, -0.1) is 0 Å². The summed E-state index contributed by atoms with van der Waals surface area (Å²) in [7, 11) is 0. The van der Waals surface area contributed by atoms with Crippen molar-refractivity contribution in [3.63, 3.8) is 0 Å².